The van der Waals surface area contributed by atoms with E-state index in [0.717, 1.165) is 28.2 Å². The molecule has 0 bridgehead atoms. The largest absolute Gasteiger partial charge is 0.463 e. The fourth-order valence-electron chi connectivity index (χ4n) is 3.81. The van der Waals surface area contributed by atoms with Gasteiger partial charge in [0, 0.05) is 35.7 Å². The van der Waals surface area contributed by atoms with Crippen molar-refractivity contribution in [3.05, 3.63) is 95.5 Å². The fraction of sp³-hybridized carbons (Fsp3) is 0.125. The van der Waals surface area contributed by atoms with Gasteiger partial charge in [-0.05, 0) is 36.4 Å². The Bertz CT molecular complexity index is 1240. The van der Waals surface area contributed by atoms with Crippen molar-refractivity contribution in [1.82, 2.24) is 14.8 Å². The Morgan fingerprint density at radius 3 is 2.52 bits per heavy atom. The van der Waals surface area contributed by atoms with E-state index in [-0.39, 0.29) is 11.9 Å². The normalized spacial score (nSPS) is 15.9. The molecule has 1 amide bonds. The van der Waals surface area contributed by atoms with Crippen molar-refractivity contribution < 1.29 is 9.21 Å². The van der Waals surface area contributed by atoms with Gasteiger partial charge in [-0.2, -0.15) is 10.2 Å². The number of hydrogen-bond donors (Lipinski definition) is 0. The number of halogens is 1. The smallest absolute Gasteiger partial charge is 0.240 e. The average molecular weight is 431 g/mol. The standard InChI is InChI=1S/C24H19ClN4O2/c1-16(30)29-22(14-21(26-29)23-8-5-13-31-23)20-15-28(19-6-3-2-4-7-19)27-24(20)17-9-11-18(25)12-10-17/h2-13,15,22H,14H2,1H3/t22-/m0/s1. The summed E-state index contributed by atoms with van der Waals surface area (Å²) in [4.78, 5) is 12.5. The molecule has 0 N–H and O–H groups in total. The van der Waals surface area contributed by atoms with Gasteiger partial charge in [0.25, 0.3) is 0 Å². The van der Waals surface area contributed by atoms with Gasteiger partial charge < -0.3 is 4.42 Å². The van der Waals surface area contributed by atoms with Crippen LogP contribution >= 0.6 is 11.6 Å². The fourth-order valence-corrected chi connectivity index (χ4v) is 3.94. The van der Waals surface area contributed by atoms with Crippen LogP contribution in [-0.2, 0) is 4.79 Å². The minimum Gasteiger partial charge on any atom is -0.463 e. The predicted octanol–water partition coefficient (Wildman–Crippen LogP) is 5.48. The number of carbonyl (C=O) groups excluding carboxylic acids is 1. The van der Waals surface area contributed by atoms with Crippen LogP contribution in [-0.4, -0.2) is 26.4 Å². The highest BCUT2D eigenvalue weighted by atomic mass is 35.5. The Hall–Kier alpha value is -3.64. The average Bonchev–Trinajstić information content (AvgIpc) is 3.53. The van der Waals surface area contributed by atoms with E-state index in [2.05, 4.69) is 5.10 Å². The SMILES string of the molecule is CC(=O)N1N=C(c2ccco2)C[C@H]1c1cn(-c2ccccc2)nc1-c1ccc(Cl)cc1. The number of para-hydroxylation sites is 1. The van der Waals surface area contributed by atoms with Crippen LogP contribution in [0, 0.1) is 0 Å². The summed E-state index contributed by atoms with van der Waals surface area (Å²) in [5.41, 5.74) is 4.28. The summed E-state index contributed by atoms with van der Waals surface area (Å²) < 4.78 is 7.36. The number of hydrogen-bond acceptors (Lipinski definition) is 4. The van der Waals surface area contributed by atoms with E-state index in [4.69, 9.17) is 21.1 Å². The lowest BCUT2D eigenvalue weighted by atomic mass is 9.98. The molecule has 0 saturated carbocycles. The molecule has 1 aliphatic rings. The van der Waals surface area contributed by atoms with E-state index in [1.54, 1.807) is 6.26 Å². The van der Waals surface area contributed by atoms with Crippen LogP contribution in [0.1, 0.15) is 30.7 Å². The number of carbonyl (C=O) groups is 1. The van der Waals surface area contributed by atoms with Crippen molar-refractivity contribution in [1.29, 1.82) is 0 Å². The van der Waals surface area contributed by atoms with Gasteiger partial charge in [0.15, 0.2) is 0 Å². The lowest BCUT2D eigenvalue weighted by molar-refractivity contribution is -0.130. The zero-order valence-electron chi connectivity index (χ0n) is 16.8. The summed E-state index contributed by atoms with van der Waals surface area (Å²) in [5, 5.41) is 11.6. The van der Waals surface area contributed by atoms with Gasteiger partial charge in [0.05, 0.1) is 23.7 Å². The van der Waals surface area contributed by atoms with Gasteiger partial charge in [-0.3, -0.25) is 4.79 Å². The van der Waals surface area contributed by atoms with E-state index in [9.17, 15) is 4.79 Å². The molecule has 1 aliphatic heterocycles. The predicted molar refractivity (Wildman–Crippen MR) is 119 cm³/mol. The molecular formula is C24H19ClN4O2. The second kappa shape index (κ2) is 7.89. The van der Waals surface area contributed by atoms with Crippen molar-refractivity contribution in [2.75, 3.05) is 0 Å². The van der Waals surface area contributed by atoms with Crippen molar-refractivity contribution in [2.24, 2.45) is 5.10 Å². The number of benzene rings is 2. The number of aromatic nitrogens is 2. The van der Waals surface area contributed by atoms with Crippen LogP contribution < -0.4 is 0 Å². The van der Waals surface area contributed by atoms with Gasteiger partial charge >= 0.3 is 0 Å². The first-order valence-electron chi connectivity index (χ1n) is 9.92. The van der Waals surface area contributed by atoms with E-state index in [0.29, 0.717) is 17.2 Å². The Balaban J connectivity index is 1.62. The minimum absolute atomic E-state index is 0.138. The Morgan fingerprint density at radius 1 is 1.06 bits per heavy atom. The molecule has 4 aromatic rings. The summed E-state index contributed by atoms with van der Waals surface area (Å²) in [5.74, 6) is 0.526. The summed E-state index contributed by atoms with van der Waals surface area (Å²) in [6.07, 6.45) is 4.12. The molecule has 0 saturated heterocycles. The Kier molecular flexibility index (Phi) is 4.92. The third-order valence-corrected chi connectivity index (χ3v) is 5.53. The van der Waals surface area contributed by atoms with Crippen LogP contribution in [0.4, 0.5) is 0 Å². The van der Waals surface area contributed by atoms with Gasteiger partial charge in [-0.25, -0.2) is 9.69 Å². The zero-order valence-corrected chi connectivity index (χ0v) is 17.5. The summed E-state index contributed by atoms with van der Waals surface area (Å²) in [6.45, 7) is 1.52. The highest BCUT2D eigenvalue weighted by Crippen LogP contribution is 2.38. The Morgan fingerprint density at radius 2 is 1.84 bits per heavy atom. The number of rotatable bonds is 4. The molecule has 6 nitrogen and oxygen atoms in total. The monoisotopic (exact) mass is 430 g/mol. The molecule has 0 radical (unpaired) electrons. The van der Waals surface area contributed by atoms with Gasteiger partial charge in [-0.1, -0.05) is 41.9 Å². The highest BCUT2D eigenvalue weighted by Gasteiger charge is 2.35. The molecule has 3 heterocycles. The first-order chi connectivity index (χ1) is 15.1. The maximum atomic E-state index is 12.5. The number of nitrogens with zero attached hydrogens (tertiary/aromatic N) is 4. The Labute approximate surface area is 184 Å². The summed E-state index contributed by atoms with van der Waals surface area (Å²) in [7, 11) is 0. The molecule has 0 aliphatic carbocycles. The number of furan rings is 1. The topological polar surface area (TPSA) is 63.6 Å². The lowest BCUT2D eigenvalue weighted by Crippen LogP contribution is -2.24. The molecular weight excluding hydrogens is 412 g/mol. The van der Waals surface area contributed by atoms with E-state index >= 15 is 0 Å². The van der Waals surface area contributed by atoms with E-state index in [1.807, 2.05) is 77.6 Å². The molecule has 7 heteroatoms. The van der Waals surface area contributed by atoms with E-state index in [1.165, 1.54) is 11.9 Å². The van der Waals surface area contributed by atoms with Crippen LogP contribution in [0.15, 0.2) is 88.7 Å². The van der Waals surface area contributed by atoms with Gasteiger partial charge in [0.2, 0.25) is 5.91 Å². The summed E-state index contributed by atoms with van der Waals surface area (Å²) in [6, 6.07) is 20.8. The third-order valence-electron chi connectivity index (χ3n) is 5.28. The second-order valence-electron chi connectivity index (χ2n) is 7.33. The maximum Gasteiger partial charge on any atom is 0.240 e. The highest BCUT2D eigenvalue weighted by molar-refractivity contribution is 6.30. The number of hydrazone groups is 1. The van der Waals surface area contributed by atoms with Crippen molar-refractivity contribution in [3.8, 4) is 16.9 Å². The molecule has 31 heavy (non-hydrogen) atoms. The second-order valence-corrected chi connectivity index (χ2v) is 7.76. The molecule has 5 rings (SSSR count). The minimum atomic E-state index is -0.291. The molecule has 0 spiro atoms. The first-order valence-corrected chi connectivity index (χ1v) is 10.3. The molecule has 0 fully saturated rings. The molecule has 2 aromatic heterocycles. The molecule has 154 valence electrons. The number of amides is 1. The van der Waals surface area contributed by atoms with Gasteiger partial charge in [0.1, 0.15) is 11.5 Å². The summed E-state index contributed by atoms with van der Waals surface area (Å²) >= 11 is 6.10. The van der Waals surface area contributed by atoms with Crippen LogP contribution in [0.5, 0.6) is 0 Å². The zero-order chi connectivity index (χ0) is 21.4. The molecule has 2 aromatic carbocycles. The van der Waals surface area contributed by atoms with Crippen molar-refractivity contribution in [2.45, 2.75) is 19.4 Å². The van der Waals surface area contributed by atoms with Crippen LogP contribution in [0.25, 0.3) is 16.9 Å². The van der Waals surface area contributed by atoms with Crippen molar-refractivity contribution >= 4 is 23.2 Å². The lowest BCUT2D eigenvalue weighted by Gasteiger charge is -2.20. The van der Waals surface area contributed by atoms with Crippen LogP contribution in [0.2, 0.25) is 5.02 Å². The molecule has 0 unspecified atom stereocenters. The third kappa shape index (κ3) is 3.66. The first kappa shape index (κ1) is 19.3. The maximum absolute atomic E-state index is 12.5. The van der Waals surface area contributed by atoms with Crippen molar-refractivity contribution in [3.63, 3.8) is 0 Å². The molecule has 1 atom stereocenters. The van der Waals surface area contributed by atoms with E-state index < -0.39 is 0 Å². The van der Waals surface area contributed by atoms with Crippen LogP contribution in [0.3, 0.4) is 0 Å². The van der Waals surface area contributed by atoms with Gasteiger partial charge in [-0.15, -0.1) is 0 Å². The quantitative estimate of drug-likeness (QED) is 0.430.